The monoisotopic (exact) mass is 479 g/mol. The van der Waals surface area contributed by atoms with Crippen LogP contribution in [-0.4, -0.2) is 49.2 Å². The highest BCUT2D eigenvalue weighted by Gasteiger charge is 2.42. The molecule has 2 heterocycles. The van der Waals surface area contributed by atoms with E-state index in [0.29, 0.717) is 51.4 Å². The minimum absolute atomic E-state index is 0.0000770. The summed E-state index contributed by atoms with van der Waals surface area (Å²) in [6.45, 7) is 1.96. The van der Waals surface area contributed by atoms with Crippen LogP contribution in [-0.2, 0) is 21.8 Å². The molecule has 180 valence electrons. The lowest BCUT2D eigenvalue weighted by molar-refractivity contribution is 0.279. The summed E-state index contributed by atoms with van der Waals surface area (Å²) in [6, 6.07) is 5.98. The van der Waals surface area contributed by atoms with E-state index in [1.807, 2.05) is 0 Å². The summed E-state index contributed by atoms with van der Waals surface area (Å²) < 4.78 is 47.0. The fraction of sp³-hybridized carbons (Fsp3) is 0.565. The molecule has 2 fully saturated rings. The number of benzene rings is 1. The molecule has 2 aromatic rings. The predicted octanol–water partition coefficient (Wildman–Crippen LogP) is 1.59. The smallest absolute Gasteiger partial charge is 0.328 e. The van der Waals surface area contributed by atoms with Gasteiger partial charge in [-0.05, 0) is 49.3 Å². The van der Waals surface area contributed by atoms with Crippen molar-refractivity contribution in [2.75, 3.05) is 31.2 Å². The third-order valence-electron chi connectivity index (χ3n) is 6.39. The largest absolute Gasteiger partial charge is 0.490 e. The first-order chi connectivity index (χ1) is 15.8. The quantitative estimate of drug-likeness (QED) is 0.448. The van der Waals surface area contributed by atoms with Gasteiger partial charge in [-0.25, -0.2) is 17.6 Å². The zero-order valence-electron chi connectivity index (χ0n) is 18.5. The Kier molecular flexibility index (Phi) is 7.04. The minimum atomic E-state index is -3.34. The standard InChI is InChI=1S/C23H30FN3O5S/c24-19-7-6-18(12-20(19)32-13-17-4-5-17)23(14-25-15-23)16-33(30,31)11-3-1-2-9-27-10-8-21(28)26-22(27)29/h6-8,10,12,17,25H,1-5,9,11,13-16H2,(H,26,28,29). The summed E-state index contributed by atoms with van der Waals surface area (Å²) in [4.78, 5) is 25.0. The average molecular weight is 480 g/mol. The van der Waals surface area contributed by atoms with Gasteiger partial charge in [-0.2, -0.15) is 0 Å². The van der Waals surface area contributed by atoms with Gasteiger partial charge >= 0.3 is 5.69 Å². The van der Waals surface area contributed by atoms with Crippen molar-refractivity contribution in [3.05, 3.63) is 62.7 Å². The molecule has 0 atom stereocenters. The molecular weight excluding hydrogens is 449 g/mol. The van der Waals surface area contributed by atoms with Crippen LogP contribution >= 0.6 is 0 Å². The minimum Gasteiger partial charge on any atom is -0.490 e. The Morgan fingerprint density at radius 1 is 1.12 bits per heavy atom. The summed E-state index contributed by atoms with van der Waals surface area (Å²) in [5, 5.41) is 3.16. The maximum Gasteiger partial charge on any atom is 0.328 e. The highest BCUT2D eigenvalue weighted by atomic mass is 32.2. The van der Waals surface area contributed by atoms with Crippen LogP contribution in [0.3, 0.4) is 0 Å². The number of sulfone groups is 1. The first-order valence-corrected chi connectivity index (χ1v) is 13.2. The number of aromatic amines is 1. The van der Waals surface area contributed by atoms with Crippen LogP contribution in [0.4, 0.5) is 4.39 Å². The summed E-state index contributed by atoms with van der Waals surface area (Å²) in [5.41, 5.74) is -0.693. The number of aromatic nitrogens is 2. The second kappa shape index (κ2) is 9.80. The van der Waals surface area contributed by atoms with Gasteiger partial charge in [0.1, 0.15) is 0 Å². The Morgan fingerprint density at radius 2 is 1.91 bits per heavy atom. The topological polar surface area (TPSA) is 110 Å². The van der Waals surface area contributed by atoms with Gasteiger partial charge in [0.25, 0.3) is 5.56 Å². The van der Waals surface area contributed by atoms with Gasteiger partial charge < -0.3 is 14.6 Å². The number of halogens is 1. The molecule has 1 aliphatic carbocycles. The van der Waals surface area contributed by atoms with Crippen molar-refractivity contribution in [2.24, 2.45) is 5.92 Å². The summed E-state index contributed by atoms with van der Waals surface area (Å²) in [7, 11) is -3.34. The molecule has 0 amide bonds. The Hall–Kier alpha value is -2.46. The van der Waals surface area contributed by atoms with Crippen LogP contribution in [0, 0.1) is 11.7 Å². The lowest BCUT2D eigenvalue weighted by atomic mass is 9.77. The molecule has 0 spiro atoms. The Morgan fingerprint density at radius 3 is 2.58 bits per heavy atom. The first-order valence-electron chi connectivity index (χ1n) is 11.4. The van der Waals surface area contributed by atoms with E-state index in [1.165, 1.54) is 22.9 Å². The van der Waals surface area contributed by atoms with Crippen LogP contribution in [0.2, 0.25) is 0 Å². The number of H-pyrrole nitrogens is 1. The Balaban J connectivity index is 1.31. The van der Waals surface area contributed by atoms with Crippen LogP contribution in [0.15, 0.2) is 40.1 Å². The van der Waals surface area contributed by atoms with Crippen molar-refractivity contribution in [1.82, 2.24) is 14.9 Å². The molecule has 2 aliphatic rings. The maximum absolute atomic E-state index is 14.2. The van der Waals surface area contributed by atoms with Gasteiger partial charge in [-0.3, -0.25) is 9.78 Å². The number of hydrogen-bond donors (Lipinski definition) is 2. The third-order valence-corrected chi connectivity index (χ3v) is 8.29. The van der Waals surface area contributed by atoms with Crippen LogP contribution in [0.25, 0.3) is 0 Å². The fourth-order valence-corrected chi connectivity index (χ4v) is 6.15. The molecule has 1 saturated heterocycles. The molecule has 1 saturated carbocycles. The van der Waals surface area contributed by atoms with Gasteiger partial charge in [-0.1, -0.05) is 12.5 Å². The molecule has 10 heteroatoms. The van der Waals surface area contributed by atoms with Crippen molar-refractivity contribution < 1.29 is 17.5 Å². The normalized spacial score (nSPS) is 17.5. The molecule has 1 aliphatic heterocycles. The third kappa shape index (κ3) is 6.11. The number of aryl methyl sites for hydroxylation is 1. The zero-order chi connectivity index (χ0) is 23.5. The number of unbranched alkanes of at least 4 members (excludes halogenated alkanes) is 2. The Bertz CT molecular complexity index is 1200. The van der Waals surface area contributed by atoms with Crippen molar-refractivity contribution in [1.29, 1.82) is 0 Å². The molecule has 2 N–H and O–H groups in total. The zero-order valence-corrected chi connectivity index (χ0v) is 19.3. The van der Waals surface area contributed by atoms with E-state index in [4.69, 9.17) is 4.74 Å². The second-order valence-electron chi connectivity index (χ2n) is 9.24. The highest BCUT2D eigenvalue weighted by Crippen LogP contribution is 2.35. The maximum atomic E-state index is 14.2. The van der Waals surface area contributed by atoms with Gasteiger partial charge in [0.05, 0.1) is 18.1 Å². The number of rotatable bonds is 12. The van der Waals surface area contributed by atoms with E-state index in [0.717, 1.165) is 18.4 Å². The van der Waals surface area contributed by atoms with E-state index in [2.05, 4.69) is 10.3 Å². The second-order valence-corrected chi connectivity index (χ2v) is 11.4. The highest BCUT2D eigenvalue weighted by molar-refractivity contribution is 7.91. The van der Waals surface area contributed by atoms with E-state index >= 15 is 0 Å². The molecule has 0 bridgehead atoms. The summed E-state index contributed by atoms with van der Waals surface area (Å²) >= 11 is 0. The lowest BCUT2D eigenvalue weighted by Crippen LogP contribution is -2.60. The van der Waals surface area contributed by atoms with Crippen molar-refractivity contribution in [3.63, 3.8) is 0 Å². The molecule has 33 heavy (non-hydrogen) atoms. The van der Waals surface area contributed by atoms with E-state index < -0.39 is 32.3 Å². The van der Waals surface area contributed by atoms with Crippen molar-refractivity contribution in [2.45, 2.75) is 44.1 Å². The number of nitrogens with zero attached hydrogens (tertiary/aromatic N) is 1. The molecule has 1 aromatic carbocycles. The van der Waals surface area contributed by atoms with E-state index in [9.17, 15) is 22.4 Å². The van der Waals surface area contributed by atoms with E-state index in [-0.39, 0.29) is 17.3 Å². The number of ether oxygens (including phenoxy) is 1. The lowest BCUT2D eigenvalue weighted by Gasteiger charge is -2.43. The summed E-state index contributed by atoms with van der Waals surface area (Å²) in [6.07, 6.45) is 5.42. The SMILES string of the molecule is O=c1ccn(CCCCCS(=O)(=O)CC2(c3ccc(F)c(OCC4CC4)c3)CNC2)c(=O)[nH]1. The molecule has 0 unspecified atom stereocenters. The van der Waals surface area contributed by atoms with Gasteiger partial charge in [0, 0.05) is 37.3 Å². The molecule has 4 rings (SSSR count). The van der Waals surface area contributed by atoms with Crippen LogP contribution < -0.4 is 21.3 Å². The van der Waals surface area contributed by atoms with E-state index in [1.54, 1.807) is 12.1 Å². The predicted molar refractivity (Wildman–Crippen MR) is 123 cm³/mol. The molecule has 1 aromatic heterocycles. The first kappa shape index (κ1) is 23.7. The fourth-order valence-electron chi connectivity index (χ4n) is 4.15. The van der Waals surface area contributed by atoms with Gasteiger partial charge in [-0.15, -0.1) is 0 Å². The van der Waals surface area contributed by atoms with Gasteiger partial charge in [0.2, 0.25) is 0 Å². The molecular formula is C23H30FN3O5S. The molecule has 8 nitrogen and oxygen atoms in total. The molecule has 0 radical (unpaired) electrons. The average Bonchev–Trinajstić information content (AvgIpc) is 3.56. The van der Waals surface area contributed by atoms with Crippen LogP contribution in [0.5, 0.6) is 5.75 Å². The number of nitrogens with one attached hydrogen (secondary N) is 2. The summed E-state index contributed by atoms with van der Waals surface area (Å²) in [5.74, 6) is 0.323. The van der Waals surface area contributed by atoms with Crippen LogP contribution in [0.1, 0.15) is 37.7 Å². The number of hydrogen-bond acceptors (Lipinski definition) is 6. The van der Waals surface area contributed by atoms with Crippen molar-refractivity contribution in [3.8, 4) is 5.75 Å². The Labute approximate surface area is 192 Å². The van der Waals surface area contributed by atoms with Crippen molar-refractivity contribution >= 4 is 9.84 Å². The van der Waals surface area contributed by atoms with Gasteiger partial charge in [0.15, 0.2) is 21.4 Å².